The Bertz CT molecular complexity index is 758. The molecule has 0 amide bonds. The van der Waals surface area contributed by atoms with Gasteiger partial charge in [0.15, 0.2) is 0 Å². The van der Waals surface area contributed by atoms with Crippen LogP contribution in [0.25, 0.3) is 0 Å². The largest absolute Gasteiger partial charge is 0.508 e. The molecule has 0 saturated carbocycles. The van der Waals surface area contributed by atoms with Crippen LogP contribution in [0.3, 0.4) is 0 Å². The van der Waals surface area contributed by atoms with E-state index in [1.54, 1.807) is 36.4 Å². The summed E-state index contributed by atoms with van der Waals surface area (Å²) in [5.41, 5.74) is 2.90. The van der Waals surface area contributed by atoms with E-state index in [4.69, 9.17) is 0 Å². The monoisotopic (exact) mass is 320 g/mol. The first-order valence-electron chi connectivity index (χ1n) is 7.84. The van der Waals surface area contributed by atoms with Crippen LogP contribution < -0.4 is 0 Å². The predicted molar refractivity (Wildman–Crippen MR) is 94.5 cm³/mol. The van der Waals surface area contributed by atoms with Crippen LogP contribution in [0.1, 0.15) is 23.6 Å². The average molecular weight is 320 g/mol. The van der Waals surface area contributed by atoms with E-state index < -0.39 is 0 Å². The molecule has 3 aromatic carbocycles. The third kappa shape index (κ3) is 3.20. The first-order chi connectivity index (χ1) is 11.5. The molecule has 0 spiro atoms. The van der Waals surface area contributed by atoms with E-state index in [2.05, 4.69) is 6.92 Å². The van der Waals surface area contributed by atoms with Gasteiger partial charge in [-0.15, -0.1) is 0 Å². The summed E-state index contributed by atoms with van der Waals surface area (Å²) in [6.45, 7) is 2.14. The van der Waals surface area contributed by atoms with Gasteiger partial charge in [-0.25, -0.2) is 0 Å². The third-order valence-corrected chi connectivity index (χ3v) is 4.50. The van der Waals surface area contributed by atoms with Gasteiger partial charge in [-0.05, 0) is 59.5 Å². The second-order valence-corrected chi connectivity index (χ2v) is 6.27. The van der Waals surface area contributed by atoms with Crippen molar-refractivity contribution in [3.63, 3.8) is 0 Å². The molecule has 0 atom stereocenters. The van der Waals surface area contributed by atoms with Gasteiger partial charge >= 0.3 is 0 Å². The highest BCUT2D eigenvalue weighted by molar-refractivity contribution is 5.44. The summed E-state index contributed by atoms with van der Waals surface area (Å²) < 4.78 is 0. The fourth-order valence-electron chi connectivity index (χ4n) is 3.05. The van der Waals surface area contributed by atoms with Crippen molar-refractivity contribution in [1.29, 1.82) is 0 Å². The van der Waals surface area contributed by atoms with E-state index in [9.17, 15) is 15.3 Å². The topological polar surface area (TPSA) is 60.7 Å². The van der Waals surface area contributed by atoms with Crippen LogP contribution in [0.5, 0.6) is 17.2 Å². The van der Waals surface area contributed by atoms with Crippen LogP contribution in [-0.2, 0) is 11.8 Å². The summed E-state index contributed by atoms with van der Waals surface area (Å²) in [6, 6.07) is 21.6. The minimum Gasteiger partial charge on any atom is -0.508 e. The maximum absolute atomic E-state index is 9.59. The fourth-order valence-corrected chi connectivity index (χ4v) is 3.05. The van der Waals surface area contributed by atoms with Crippen molar-refractivity contribution < 1.29 is 15.3 Å². The molecule has 3 aromatic rings. The lowest BCUT2D eigenvalue weighted by Crippen LogP contribution is -2.26. The molecule has 3 nitrogen and oxygen atoms in total. The Morgan fingerprint density at radius 1 is 0.583 bits per heavy atom. The van der Waals surface area contributed by atoms with Gasteiger partial charge in [0.25, 0.3) is 0 Å². The Labute approximate surface area is 141 Å². The maximum atomic E-state index is 9.59. The number of hydrogen-bond acceptors (Lipinski definition) is 3. The Morgan fingerprint density at radius 2 is 0.917 bits per heavy atom. The lowest BCUT2D eigenvalue weighted by molar-refractivity contribution is 0.471. The minimum atomic E-state index is -0.335. The molecule has 0 unspecified atom stereocenters. The summed E-state index contributed by atoms with van der Waals surface area (Å²) in [7, 11) is 0. The number of phenols is 3. The molecular weight excluding hydrogens is 300 g/mol. The van der Waals surface area contributed by atoms with Crippen LogP contribution in [0.2, 0.25) is 0 Å². The molecular formula is C21H20O3. The van der Waals surface area contributed by atoms with Gasteiger partial charge in [0.1, 0.15) is 17.2 Å². The lowest BCUT2D eigenvalue weighted by Gasteiger charge is -2.31. The SMILES string of the molecule is CC(Cc1ccc(O)cc1)(c1ccc(O)cc1)c1ccc(O)cc1. The molecule has 0 radical (unpaired) electrons. The fraction of sp³-hybridized carbons (Fsp3) is 0.143. The quantitative estimate of drug-likeness (QED) is 0.669. The third-order valence-electron chi connectivity index (χ3n) is 4.50. The number of aromatic hydroxyl groups is 3. The van der Waals surface area contributed by atoms with Gasteiger partial charge < -0.3 is 15.3 Å². The first-order valence-corrected chi connectivity index (χ1v) is 7.84. The van der Waals surface area contributed by atoms with E-state index in [0.29, 0.717) is 0 Å². The lowest BCUT2D eigenvalue weighted by atomic mass is 9.72. The first kappa shape index (κ1) is 15.9. The van der Waals surface area contributed by atoms with Gasteiger partial charge in [0, 0.05) is 5.41 Å². The molecule has 0 saturated heterocycles. The van der Waals surface area contributed by atoms with E-state index >= 15 is 0 Å². The molecule has 0 bridgehead atoms. The molecule has 0 aliphatic rings. The van der Waals surface area contributed by atoms with Crippen LogP contribution in [0, 0.1) is 0 Å². The van der Waals surface area contributed by atoms with Crippen LogP contribution in [0.4, 0.5) is 0 Å². The van der Waals surface area contributed by atoms with Crippen molar-refractivity contribution >= 4 is 0 Å². The van der Waals surface area contributed by atoms with E-state index in [1.807, 2.05) is 36.4 Å². The van der Waals surface area contributed by atoms with Crippen LogP contribution in [-0.4, -0.2) is 15.3 Å². The molecule has 3 heteroatoms. The standard InChI is InChI=1S/C21H20O3/c1-21(16-4-10-19(23)11-5-16,17-6-12-20(24)13-7-17)14-15-2-8-18(22)9-3-15/h2-13,22-24H,14H2,1H3. The second kappa shape index (κ2) is 6.28. The molecule has 0 fully saturated rings. The molecule has 3 N–H and O–H groups in total. The average Bonchev–Trinajstić information content (AvgIpc) is 2.58. The van der Waals surface area contributed by atoms with Crippen molar-refractivity contribution in [3.8, 4) is 17.2 Å². The molecule has 0 aliphatic carbocycles. The van der Waals surface area contributed by atoms with Crippen molar-refractivity contribution in [3.05, 3.63) is 89.5 Å². The van der Waals surface area contributed by atoms with Crippen molar-refractivity contribution in [2.45, 2.75) is 18.8 Å². The Kier molecular flexibility index (Phi) is 4.17. The molecule has 0 heterocycles. The molecule has 0 aromatic heterocycles. The molecule has 122 valence electrons. The van der Waals surface area contributed by atoms with Crippen molar-refractivity contribution in [2.24, 2.45) is 0 Å². The van der Waals surface area contributed by atoms with Crippen molar-refractivity contribution in [2.75, 3.05) is 0 Å². The Morgan fingerprint density at radius 3 is 1.29 bits per heavy atom. The normalized spacial score (nSPS) is 11.4. The van der Waals surface area contributed by atoms with E-state index in [-0.39, 0.29) is 22.7 Å². The summed E-state index contributed by atoms with van der Waals surface area (Å²) in [6.07, 6.45) is 0.725. The molecule has 0 aliphatic heterocycles. The summed E-state index contributed by atoms with van der Waals surface area (Å²) in [5.74, 6) is 0.711. The predicted octanol–water partition coefficient (Wildman–Crippen LogP) is 4.35. The highest BCUT2D eigenvalue weighted by Gasteiger charge is 2.29. The maximum Gasteiger partial charge on any atom is 0.115 e. The number of rotatable bonds is 4. The highest BCUT2D eigenvalue weighted by Crippen LogP contribution is 2.37. The molecule has 3 rings (SSSR count). The summed E-state index contributed by atoms with van der Waals surface area (Å²) >= 11 is 0. The van der Waals surface area contributed by atoms with Crippen molar-refractivity contribution in [1.82, 2.24) is 0 Å². The summed E-state index contributed by atoms with van der Waals surface area (Å²) in [4.78, 5) is 0. The Hall–Kier alpha value is -2.94. The van der Waals surface area contributed by atoms with Crippen LogP contribution in [0.15, 0.2) is 72.8 Å². The van der Waals surface area contributed by atoms with Gasteiger partial charge in [-0.1, -0.05) is 43.3 Å². The molecule has 24 heavy (non-hydrogen) atoms. The minimum absolute atomic E-state index is 0.233. The summed E-state index contributed by atoms with van der Waals surface area (Å²) in [5, 5.41) is 28.7. The number of phenolic OH excluding ortho intramolecular Hbond substituents is 3. The zero-order valence-electron chi connectivity index (χ0n) is 13.5. The number of benzene rings is 3. The second-order valence-electron chi connectivity index (χ2n) is 6.27. The Balaban J connectivity index is 2.07. The van der Waals surface area contributed by atoms with Gasteiger partial charge in [-0.2, -0.15) is 0 Å². The van der Waals surface area contributed by atoms with E-state index in [0.717, 1.165) is 23.1 Å². The highest BCUT2D eigenvalue weighted by atomic mass is 16.3. The van der Waals surface area contributed by atoms with Crippen LogP contribution >= 0.6 is 0 Å². The zero-order valence-corrected chi connectivity index (χ0v) is 13.5. The zero-order chi connectivity index (χ0) is 17.2. The smallest absolute Gasteiger partial charge is 0.115 e. The number of hydrogen-bond donors (Lipinski definition) is 3. The van der Waals surface area contributed by atoms with Gasteiger partial charge in [0.2, 0.25) is 0 Å². The van der Waals surface area contributed by atoms with Gasteiger partial charge in [0.05, 0.1) is 0 Å². The van der Waals surface area contributed by atoms with E-state index in [1.165, 1.54) is 0 Å². The van der Waals surface area contributed by atoms with Gasteiger partial charge in [-0.3, -0.25) is 0 Å².